The van der Waals surface area contributed by atoms with Crippen molar-refractivity contribution in [3.8, 4) is 0 Å². The standard InChI is InChI=1S/C13H12N2O6S/c16-14(17)11-6-7-13(12(8-11)15(18)19)22(20,21)9-10-4-2-1-3-5-10/h1-8,15,18H,9H2. The fourth-order valence-corrected chi connectivity index (χ4v) is 3.48. The molecule has 0 saturated carbocycles. The Hall–Kier alpha value is -2.33. The van der Waals surface area contributed by atoms with Gasteiger partial charge in [0.2, 0.25) is 0 Å². The molecule has 0 heterocycles. The van der Waals surface area contributed by atoms with Gasteiger partial charge < -0.3 is 5.21 Å². The number of sulfone groups is 1. The molecule has 8 nitrogen and oxygen atoms in total. The summed E-state index contributed by atoms with van der Waals surface area (Å²) in [7, 11) is -3.93. The molecule has 0 radical (unpaired) electrons. The van der Waals surface area contributed by atoms with Crippen LogP contribution >= 0.6 is 0 Å². The monoisotopic (exact) mass is 324 g/mol. The van der Waals surface area contributed by atoms with Gasteiger partial charge in [0.25, 0.3) is 5.69 Å². The predicted molar refractivity (Wildman–Crippen MR) is 76.2 cm³/mol. The molecule has 22 heavy (non-hydrogen) atoms. The summed E-state index contributed by atoms with van der Waals surface area (Å²) < 4.78 is 24.7. The second-order valence-electron chi connectivity index (χ2n) is 4.49. The maximum Gasteiger partial charge on any atom is 0.275 e. The van der Waals surface area contributed by atoms with Crippen LogP contribution in [0.2, 0.25) is 0 Å². The molecular weight excluding hydrogens is 312 g/mol. The van der Waals surface area contributed by atoms with E-state index >= 15 is 0 Å². The van der Waals surface area contributed by atoms with E-state index in [1.54, 1.807) is 30.3 Å². The van der Waals surface area contributed by atoms with E-state index in [-0.39, 0.29) is 5.75 Å². The average Bonchev–Trinajstić information content (AvgIpc) is 2.47. The number of nitro benzene ring substituents is 1. The summed E-state index contributed by atoms with van der Waals surface area (Å²) in [5.74, 6) is -0.383. The summed E-state index contributed by atoms with van der Waals surface area (Å²) in [5.41, 5.74) is -0.585. The molecule has 0 fully saturated rings. The largest absolute Gasteiger partial charge is 0.595 e. The SMILES string of the molecule is O=[N+]([O-])c1ccc(S(=O)(=O)Cc2ccccc2)c([NH+]([O-])O)c1. The van der Waals surface area contributed by atoms with Gasteiger partial charge in [0.1, 0.15) is 4.90 Å². The van der Waals surface area contributed by atoms with Crippen molar-refractivity contribution >= 4 is 21.2 Å². The van der Waals surface area contributed by atoms with Gasteiger partial charge in [0.15, 0.2) is 15.5 Å². The van der Waals surface area contributed by atoms with E-state index in [1.807, 2.05) is 0 Å². The molecule has 1 unspecified atom stereocenters. The van der Waals surface area contributed by atoms with Crippen molar-refractivity contribution < 1.29 is 23.8 Å². The zero-order valence-corrected chi connectivity index (χ0v) is 12.0. The minimum Gasteiger partial charge on any atom is -0.595 e. The van der Waals surface area contributed by atoms with Crippen molar-refractivity contribution in [3.05, 3.63) is 69.4 Å². The van der Waals surface area contributed by atoms with E-state index < -0.39 is 36.3 Å². The Morgan fingerprint density at radius 2 is 1.77 bits per heavy atom. The van der Waals surface area contributed by atoms with Crippen LogP contribution < -0.4 is 5.23 Å². The number of nitrogens with zero attached hydrogens (tertiary/aromatic N) is 1. The number of nitrogens with one attached hydrogen (secondary N) is 1. The highest BCUT2D eigenvalue weighted by atomic mass is 32.2. The number of benzene rings is 2. The maximum atomic E-state index is 12.4. The quantitative estimate of drug-likeness (QED) is 0.623. The van der Waals surface area contributed by atoms with Crippen molar-refractivity contribution in [2.24, 2.45) is 0 Å². The summed E-state index contributed by atoms with van der Waals surface area (Å²) in [6, 6.07) is 10.9. The average molecular weight is 324 g/mol. The zero-order valence-electron chi connectivity index (χ0n) is 11.2. The number of hydrogen-bond acceptors (Lipinski definition) is 6. The molecule has 116 valence electrons. The van der Waals surface area contributed by atoms with E-state index in [0.29, 0.717) is 5.56 Å². The molecule has 1 atom stereocenters. The second kappa shape index (κ2) is 6.20. The van der Waals surface area contributed by atoms with Crippen LogP contribution in [0.15, 0.2) is 53.4 Å². The fraction of sp³-hybridized carbons (Fsp3) is 0.0769. The van der Waals surface area contributed by atoms with Gasteiger partial charge in [-0.3, -0.25) is 10.1 Å². The first-order valence-electron chi connectivity index (χ1n) is 6.09. The third kappa shape index (κ3) is 3.46. The number of non-ortho nitro benzene ring substituents is 1. The van der Waals surface area contributed by atoms with Crippen molar-refractivity contribution in [1.29, 1.82) is 0 Å². The Bertz CT molecular complexity index is 789. The smallest absolute Gasteiger partial charge is 0.275 e. The van der Waals surface area contributed by atoms with Gasteiger partial charge in [0, 0.05) is 6.07 Å². The highest BCUT2D eigenvalue weighted by molar-refractivity contribution is 7.90. The van der Waals surface area contributed by atoms with Gasteiger partial charge in [-0.25, -0.2) is 13.6 Å². The molecule has 2 rings (SSSR count). The molecule has 2 aromatic carbocycles. The fourth-order valence-electron chi connectivity index (χ4n) is 1.94. The molecule has 0 bridgehead atoms. The topological polar surface area (TPSA) is 125 Å². The maximum absolute atomic E-state index is 12.4. The van der Waals surface area contributed by atoms with Gasteiger partial charge in [-0.05, 0) is 11.6 Å². The molecule has 9 heteroatoms. The van der Waals surface area contributed by atoms with Crippen LogP contribution in [-0.4, -0.2) is 18.5 Å². The third-order valence-corrected chi connectivity index (χ3v) is 4.68. The van der Waals surface area contributed by atoms with E-state index in [0.717, 1.165) is 18.2 Å². The van der Waals surface area contributed by atoms with Crippen LogP contribution in [-0.2, 0) is 15.6 Å². The van der Waals surface area contributed by atoms with Crippen LogP contribution in [0.1, 0.15) is 5.56 Å². The third-order valence-electron chi connectivity index (χ3n) is 2.94. The van der Waals surface area contributed by atoms with Gasteiger partial charge in [-0.2, -0.15) is 5.23 Å². The summed E-state index contributed by atoms with van der Waals surface area (Å²) in [5, 5.41) is 29.5. The lowest BCUT2D eigenvalue weighted by atomic mass is 10.2. The number of nitro groups is 1. The van der Waals surface area contributed by atoms with Crippen molar-refractivity contribution in [1.82, 2.24) is 0 Å². The Morgan fingerprint density at radius 1 is 1.14 bits per heavy atom. The van der Waals surface area contributed by atoms with Crippen LogP contribution in [0.4, 0.5) is 11.4 Å². The minimum atomic E-state index is -3.93. The number of hydrogen-bond donors (Lipinski definition) is 2. The molecule has 2 aromatic rings. The lowest BCUT2D eigenvalue weighted by Crippen LogP contribution is -2.99. The van der Waals surface area contributed by atoms with Crippen molar-refractivity contribution in [2.75, 3.05) is 0 Å². The van der Waals surface area contributed by atoms with Gasteiger partial charge in [0.05, 0.1) is 16.7 Å². The van der Waals surface area contributed by atoms with E-state index in [4.69, 9.17) is 5.21 Å². The first kappa shape index (κ1) is 16.0. The molecule has 0 aliphatic carbocycles. The van der Waals surface area contributed by atoms with Crippen LogP contribution in [0.25, 0.3) is 0 Å². The highest BCUT2D eigenvalue weighted by Gasteiger charge is 2.26. The Balaban J connectivity index is 2.48. The van der Waals surface area contributed by atoms with Gasteiger partial charge in [-0.15, -0.1) is 0 Å². The molecule has 0 amide bonds. The van der Waals surface area contributed by atoms with E-state index in [9.17, 15) is 23.7 Å². The molecule has 0 aliphatic heterocycles. The summed E-state index contributed by atoms with van der Waals surface area (Å²) in [6.07, 6.45) is 0. The normalized spacial score (nSPS) is 12.8. The van der Waals surface area contributed by atoms with Crippen molar-refractivity contribution in [2.45, 2.75) is 10.6 Å². The Labute approximate surface area is 125 Å². The van der Waals surface area contributed by atoms with Gasteiger partial charge in [-0.1, -0.05) is 30.3 Å². The van der Waals surface area contributed by atoms with Crippen LogP contribution in [0.5, 0.6) is 0 Å². The summed E-state index contributed by atoms with van der Waals surface area (Å²) >= 11 is 0. The molecule has 0 aliphatic rings. The highest BCUT2D eigenvalue weighted by Crippen LogP contribution is 2.26. The first-order chi connectivity index (χ1) is 10.3. The van der Waals surface area contributed by atoms with Crippen LogP contribution in [0, 0.1) is 15.3 Å². The second-order valence-corrected chi connectivity index (χ2v) is 6.45. The van der Waals surface area contributed by atoms with Gasteiger partial charge >= 0.3 is 0 Å². The van der Waals surface area contributed by atoms with E-state index in [1.165, 1.54) is 0 Å². The summed E-state index contributed by atoms with van der Waals surface area (Å²) in [4.78, 5) is 9.48. The molecule has 0 aromatic heterocycles. The zero-order chi connectivity index (χ0) is 16.3. The first-order valence-corrected chi connectivity index (χ1v) is 7.75. The predicted octanol–water partition coefficient (Wildman–Crippen LogP) is 0.972. The Morgan fingerprint density at radius 3 is 2.32 bits per heavy atom. The molecular formula is C13H12N2O6S. The lowest BCUT2D eigenvalue weighted by Gasteiger charge is -2.15. The molecule has 0 saturated heterocycles. The minimum absolute atomic E-state index is 0.383. The number of quaternary nitrogens is 1. The van der Waals surface area contributed by atoms with Crippen LogP contribution in [0.3, 0.4) is 0 Å². The number of rotatable bonds is 5. The van der Waals surface area contributed by atoms with E-state index in [2.05, 4.69) is 0 Å². The van der Waals surface area contributed by atoms with Crippen molar-refractivity contribution in [3.63, 3.8) is 0 Å². The Kier molecular flexibility index (Phi) is 4.52. The molecule has 2 N–H and O–H groups in total. The summed E-state index contributed by atoms with van der Waals surface area (Å²) in [6.45, 7) is 0. The molecule has 0 spiro atoms. The lowest BCUT2D eigenvalue weighted by molar-refractivity contribution is -0.992.